The Kier molecular flexibility index (Phi) is 4.93. The summed E-state index contributed by atoms with van der Waals surface area (Å²) >= 11 is 0. The van der Waals surface area contributed by atoms with Crippen LogP contribution in [-0.2, 0) is 4.74 Å². The average Bonchev–Trinajstić information content (AvgIpc) is 3.51. The molecule has 0 spiro atoms. The third-order valence-corrected chi connectivity index (χ3v) is 6.21. The molecule has 2 N–H and O–H groups in total. The van der Waals surface area contributed by atoms with E-state index < -0.39 is 0 Å². The molecule has 1 aromatic rings. The molecule has 2 aliphatic carbocycles. The predicted octanol–water partition coefficient (Wildman–Crippen LogP) is 3.66. The van der Waals surface area contributed by atoms with Crippen molar-refractivity contribution in [1.82, 2.24) is 10.6 Å². The van der Waals surface area contributed by atoms with Gasteiger partial charge in [0.1, 0.15) is 0 Å². The Bertz CT molecular complexity index is 506. The third kappa shape index (κ3) is 4.01. The van der Waals surface area contributed by atoms with Gasteiger partial charge in [0.2, 0.25) is 0 Å². The molecule has 1 aliphatic heterocycles. The van der Waals surface area contributed by atoms with E-state index in [4.69, 9.17) is 4.74 Å². The first-order valence-corrected chi connectivity index (χ1v) is 9.90. The average molecular weight is 328 g/mol. The first kappa shape index (κ1) is 16.6. The molecular weight excluding hydrogens is 296 g/mol. The molecule has 24 heavy (non-hydrogen) atoms. The molecule has 0 radical (unpaired) electrons. The van der Waals surface area contributed by atoms with Crippen LogP contribution >= 0.6 is 0 Å². The first-order chi connectivity index (χ1) is 11.8. The first-order valence-electron chi connectivity index (χ1n) is 9.90. The molecule has 1 aromatic carbocycles. The number of hydrogen-bond donors (Lipinski definition) is 2. The lowest BCUT2D eigenvalue weighted by Crippen LogP contribution is -2.58. The van der Waals surface area contributed by atoms with E-state index in [1.807, 2.05) is 0 Å². The van der Waals surface area contributed by atoms with E-state index in [9.17, 15) is 0 Å². The van der Waals surface area contributed by atoms with Gasteiger partial charge in [-0.25, -0.2) is 0 Å². The van der Waals surface area contributed by atoms with Gasteiger partial charge in [0, 0.05) is 37.4 Å². The summed E-state index contributed by atoms with van der Waals surface area (Å²) < 4.78 is 5.67. The van der Waals surface area contributed by atoms with Crippen LogP contribution in [-0.4, -0.2) is 31.3 Å². The summed E-state index contributed by atoms with van der Waals surface area (Å²) in [5, 5.41) is 7.97. The Morgan fingerprint density at radius 1 is 1.04 bits per heavy atom. The SMILES string of the molecule is C[C@H](NC1(CNC(C2CC2)C2CC2)CCOCC1)c1ccccc1. The van der Waals surface area contributed by atoms with Crippen molar-refractivity contribution in [1.29, 1.82) is 0 Å². The fourth-order valence-electron chi connectivity index (χ4n) is 4.36. The molecule has 0 aromatic heterocycles. The molecule has 3 heteroatoms. The molecule has 3 aliphatic rings. The van der Waals surface area contributed by atoms with Gasteiger partial charge >= 0.3 is 0 Å². The van der Waals surface area contributed by atoms with E-state index in [0.717, 1.165) is 50.5 Å². The van der Waals surface area contributed by atoms with Gasteiger partial charge in [-0.3, -0.25) is 0 Å². The second-order valence-electron chi connectivity index (χ2n) is 8.25. The zero-order valence-electron chi connectivity index (χ0n) is 15.0. The zero-order valence-corrected chi connectivity index (χ0v) is 15.0. The number of rotatable bonds is 8. The summed E-state index contributed by atoms with van der Waals surface area (Å²) in [6.45, 7) is 5.15. The van der Waals surface area contributed by atoms with Gasteiger partial charge in [0.05, 0.1) is 0 Å². The van der Waals surface area contributed by atoms with Crippen LogP contribution in [0.15, 0.2) is 30.3 Å². The molecule has 4 rings (SSSR count). The minimum atomic E-state index is 0.176. The lowest BCUT2D eigenvalue weighted by Gasteiger charge is -2.42. The van der Waals surface area contributed by atoms with E-state index in [1.54, 1.807) is 0 Å². The molecule has 3 fully saturated rings. The summed E-state index contributed by atoms with van der Waals surface area (Å²) in [6.07, 6.45) is 7.99. The highest BCUT2D eigenvalue weighted by Crippen LogP contribution is 2.44. The number of nitrogens with one attached hydrogen (secondary N) is 2. The summed E-state index contributed by atoms with van der Waals surface area (Å²) in [7, 11) is 0. The van der Waals surface area contributed by atoms with E-state index >= 15 is 0 Å². The van der Waals surface area contributed by atoms with Crippen molar-refractivity contribution in [3.05, 3.63) is 35.9 Å². The van der Waals surface area contributed by atoms with Gasteiger partial charge in [0.15, 0.2) is 0 Å². The molecule has 1 saturated heterocycles. The van der Waals surface area contributed by atoms with Gasteiger partial charge < -0.3 is 15.4 Å². The van der Waals surface area contributed by atoms with Crippen LogP contribution in [0.5, 0.6) is 0 Å². The van der Waals surface area contributed by atoms with Crippen molar-refractivity contribution in [2.24, 2.45) is 11.8 Å². The van der Waals surface area contributed by atoms with Crippen LogP contribution in [0.25, 0.3) is 0 Å². The zero-order chi connectivity index (χ0) is 16.4. The molecule has 1 atom stereocenters. The lowest BCUT2D eigenvalue weighted by molar-refractivity contribution is 0.0320. The minimum Gasteiger partial charge on any atom is -0.381 e. The fraction of sp³-hybridized carbons (Fsp3) is 0.714. The Morgan fingerprint density at radius 3 is 2.25 bits per heavy atom. The molecule has 0 unspecified atom stereocenters. The topological polar surface area (TPSA) is 33.3 Å². The van der Waals surface area contributed by atoms with Crippen molar-refractivity contribution >= 4 is 0 Å². The molecule has 1 heterocycles. The number of ether oxygens (including phenoxy) is 1. The van der Waals surface area contributed by atoms with E-state index in [0.29, 0.717) is 6.04 Å². The molecule has 0 amide bonds. The summed E-state index contributed by atoms with van der Waals surface area (Å²) in [5.41, 5.74) is 1.56. The van der Waals surface area contributed by atoms with Crippen LogP contribution in [0.2, 0.25) is 0 Å². The maximum Gasteiger partial charge on any atom is 0.0484 e. The minimum absolute atomic E-state index is 0.176. The monoisotopic (exact) mass is 328 g/mol. The Hall–Kier alpha value is -0.900. The van der Waals surface area contributed by atoms with Crippen molar-refractivity contribution in [2.75, 3.05) is 19.8 Å². The third-order valence-electron chi connectivity index (χ3n) is 6.21. The van der Waals surface area contributed by atoms with Crippen molar-refractivity contribution in [2.45, 2.75) is 63.1 Å². The molecular formula is C21H32N2O. The van der Waals surface area contributed by atoms with E-state index in [-0.39, 0.29) is 5.54 Å². The maximum absolute atomic E-state index is 5.67. The van der Waals surface area contributed by atoms with Crippen molar-refractivity contribution in [3.63, 3.8) is 0 Å². The summed E-state index contributed by atoms with van der Waals surface area (Å²) in [4.78, 5) is 0. The van der Waals surface area contributed by atoms with Gasteiger partial charge in [-0.05, 0) is 62.8 Å². The Balaban J connectivity index is 1.41. The highest BCUT2D eigenvalue weighted by Gasteiger charge is 2.43. The van der Waals surface area contributed by atoms with Crippen LogP contribution < -0.4 is 10.6 Å². The second-order valence-corrected chi connectivity index (χ2v) is 8.25. The van der Waals surface area contributed by atoms with Crippen molar-refractivity contribution < 1.29 is 4.74 Å². The normalized spacial score (nSPS) is 24.9. The lowest BCUT2D eigenvalue weighted by atomic mass is 9.87. The van der Waals surface area contributed by atoms with Crippen LogP contribution in [0, 0.1) is 11.8 Å². The van der Waals surface area contributed by atoms with Crippen LogP contribution in [0.1, 0.15) is 57.1 Å². The van der Waals surface area contributed by atoms with Gasteiger partial charge in [-0.15, -0.1) is 0 Å². The highest BCUT2D eigenvalue weighted by molar-refractivity contribution is 5.19. The molecule has 2 saturated carbocycles. The molecule has 3 nitrogen and oxygen atoms in total. The molecule has 0 bridgehead atoms. The largest absolute Gasteiger partial charge is 0.381 e. The van der Waals surface area contributed by atoms with E-state index in [2.05, 4.69) is 47.9 Å². The van der Waals surface area contributed by atoms with Gasteiger partial charge in [-0.1, -0.05) is 30.3 Å². The smallest absolute Gasteiger partial charge is 0.0484 e. The summed E-state index contributed by atoms with van der Waals surface area (Å²) in [5.74, 6) is 1.92. The summed E-state index contributed by atoms with van der Waals surface area (Å²) in [6, 6.07) is 12.0. The van der Waals surface area contributed by atoms with Crippen molar-refractivity contribution in [3.8, 4) is 0 Å². The predicted molar refractivity (Wildman–Crippen MR) is 98.0 cm³/mol. The maximum atomic E-state index is 5.67. The van der Waals surface area contributed by atoms with Crippen LogP contribution in [0.4, 0.5) is 0 Å². The number of benzene rings is 1. The standard InChI is InChI=1S/C21H32N2O/c1-16(17-5-3-2-4-6-17)23-21(11-13-24-14-12-21)15-22-20(18-7-8-18)19-9-10-19/h2-6,16,18-20,22-23H,7-15H2,1H3/t16-/m0/s1. The fourth-order valence-corrected chi connectivity index (χ4v) is 4.36. The van der Waals surface area contributed by atoms with E-state index in [1.165, 1.54) is 31.2 Å². The van der Waals surface area contributed by atoms with Gasteiger partial charge in [-0.2, -0.15) is 0 Å². The molecule has 132 valence electrons. The second kappa shape index (κ2) is 7.15. The highest BCUT2D eigenvalue weighted by atomic mass is 16.5. The Morgan fingerprint density at radius 2 is 1.67 bits per heavy atom. The van der Waals surface area contributed by atoms with Crippen LogP contribution in [0.3, 0.4) is 0 Å². The number of hydrogen-bond acceptors (Lipinski definition) is 3. The Labute approximate surface area is 146 Å². The van der Waals surface area contributed by atoms with Gasteiger partial charge in [0.25, 0.3) is 0 Å². The quantitative estimate of drug-likeness (QED) is 0.764.